The number of aliphatic hydroxyl groups is 1. The van der Waals surface area contributed by atoms with Crippen LogP contribution in [0.5, 0.6) is 11.8 Å². The van der Waals surface area contributed by atoms with Gasteiger partial charge >= 0.3 is 0 Å². The molecule has 180 valence electrons. The van der Waals surface area contributed by atoms with Gasteiger partial charge in [-0.15, -0.1) is 15.3 Å². The van der Waals surface area contributed by atoms with Crippen LogP contribution in [-0.2, 0) is 35.7 Å². The van der Waals surface area contributed by atoms with Crippen LogP contribution in [-0.4, -0.2) is 50.9 Å². The summed E-state index contributed by atoms with van der Waals surface area (Å²) in [7, 11) is 3.12. The van der Waals surface area contributed by atoms with E-state index in [1.54, 1.807) is 13.2 Å². The predicted molar refractivity (Wildman–Crippen MR) is 122 cm³/mol. The van der Waals surface area contributed by atoms with Gasteiger partial charge in [-0.25, -0.2) is 0 Å². The van der Waals surface area contributed by atoms with E-state index < -0.39 is 0 Å². The summed E-state index contributed by atoms with van der Waals surface area (Å²) in [5.74, 6) is 0.975. The van der Waals surface area contributed by atoms with Gasteiger partial charge < -0.3 is 24.1 Å². The molecule has 9 nitrogen and oxygen atoms in total. The van der Waals surface area contributed by atoms with Gasteiger partial charge in [-0.1, -0.05) is 6.92 Å². The Morgan fingerprint density at radius 2 is 1.12 bits per heavy atom. The molecule has 2 aromatic heterocycles. The molecule has 0 saturated heterocycles. The smallest absolute Gasteiger partial charge is 0.238 e. The summed E-state index contributed by atoms with van der Waals surface area (Å²) in [5.41, 5.74) is 2.80. The number of methoxy groups -OCH3 is 2. The van der Waals surface area contributed by atoms with Crippen molar-refractivity contribution in [2.75, 3.05) is 14.2 Å². The largest absolute Gasteiger partial charge is 0.480 e. The predicted octanol–water partition coefficient (Wildman–Crippen LogP) is 3.66. The number of hydrogen-bond donors (Lipinski definition) is 1. The average Bonchev–Trinajstić information content (AvgIpc) is 2.75. The second kappa shape index (κ2) is 12.6. The van der Waals surface area contributed by atoms with E-state index in [4.69, 9.17) is 24.1 Å². The van der Waals surface area contributed by atoms with Crippen molar-refractivity contribution in [2.24, 2.45) is 0 Å². The van der Waals surface area contributed by atoms with Crippen LogP contribution < -0.4 is 9.47 Å². The Balaban J connectivity index is 0.000000320. The molecule has 2 aromatic rings. The van der Waals surface area contributed by atoms with Gasteiger partial charge in [0, 0.05) is 11.1 Å². The Morgan fingerprint density at radius 3 is 1.47 bits per heavy atom. The zero-order valence-electron chi connectivity index (χ0n) is 20.9. The van der Waals surface area contributed by atoms with Crippen molar-refractivity contribution in [1.29, 1.82) is 0 Å². The molecular weight excluding hydrogens is 412 g/mol. The zero-order chi connectivity index (χ0) is 24.4. The van der Waals surface area contributed by atoms with E-state index in [1.807, 2.05) is 54.5 Å². The Morgan fingerprint density at radius 1 is 0.719 bits per heavy atom. The molecule has 0 radical (unpaired) electrons. The minimum Gasteiger partial charge on any atom is -0.480 e. The van der Waals surface area contributed by atoms with Crippen LogP contribution in [0.1, 0.15) is 71.0 Å². The number of rotatable bonds is 8. The van der Waals surface area contributed by atoms with E-state index in [9.17, 15) is 0 Å². The summed E-state index contributed by atoms with van der Waals surface area (Å²) < 4.78 is 21.6. The molecule has 0 amide bonds. The molecule has 9 heteroatoms. The Kier molecular flexibility index (Phi) is 10.9. The Hall–Kier alpha value is -2.36. The van der Waals surface area contributed by atoms with Gasteiger partial charge in [0.15, 0.2) is 0 Å². The highest BCUT2D eigenvalue weighted by molar-refractivity contribution is 5.26. The first-order valence-corrected chi connectivity index (χ1v) is 10.6. The number of hydrogen-bond acceptors (Lipinski definition) is 9. The van der Waals surface area contributed by atoms with Gasteiger partial charge in [-0.05, 0) is 60.1 Å². The summed E-state index contributed by atoms with van der Waals surface area (Å²) in [6.07, 6.45) is 0.861. The fraction of sp³-hybridized carbons (Fsp3) is 0.652. The number of ether oxygens (including phenoxy) is 4. The third-order valence-corrected chi connectivity index (χ3v) is 4.00. The van der Waals surface area contributed by atoms with Gasteiger partial charge in [0.2, 0.25) is 11.8 Å². The lowest BCUT2D eigenvalue weighted by Crippen LogP contribution is -2.19. The highest BCUT2D eigenvalue weighted by Crippen LogP contribution is 2.20. The molecule has 0 aromatic carbocycles. The van der Waals surface area contributed by atoms with E-state index in [2.05, 4.69) is 20.4 Å². The van der Waals surface area contributed by atoms with E-state index in [0.717, 1.165) is 23.2 Å². The summed E-state index contributed by atoms with van der Waals surface area (Å²) in [6, 6.07) is 3.72. The molecule has 1 N–H and O–H groups in total. The lowest BCUT2D eigenvalue weighted by molar-refractivity contribution is -0.0163. The quantitative estimate of drug-likeness (QED) is 0.644. The summed E-state index contributed by atoms with van der Waals surface area (Å²) in [5, 5.41) is 24.7. The summed E-state index contributed by atoms with van der Waals surface area (Å²) in [6.45, 7) is 14.8. The van der Waals surface area contributed by atoms with Gasteiger partial charge in [-0.3, -0.25) is 0 Å². The fourth-order valence-corrected chi connectivity index (χ4v) is 2.32. The molecule has 0 atom stereocenters. The van der Waals surface area contributed by atoms with Crippen molar-refractivity contribution in [1.82, 2.24) is 20.4 Å². The van der Waals surface area contributed by atoms with Crippen molar-refractivity contribution in [3.05, 3.63) is 34.6 Å². The van der Waals surface area contributed by atoms with Crippen LogP contribution in [0.2, 0.25) is 0 Å². The highest BCUT2D eigenvalue weighted by Gasteiger charge is 2.15. The van der Waals surface area contributed by atoms with Gasteiger partial charge in [0.25, 0.3) is 0 Å². The molecule has 0 unspecified atom stereocenters. The molecule has 0 aliphatic rings. The zero-order valence-corrected chi connectivity index (χ0v) is 20.9. The molecule has 0 spiro atoms. The number of aliphatic hydroxyl groups excluding tert-OH is 1. The molecule has 0 aliphatic carbocycles. The van der Waals surface area contributed by atoms with Crippen molar-refractivity contribution in [2.45, 2.75) is 85.9 Å². The molecule has 0 saturated carbocycles. The lowest BCUT2D eigenvalue weighted by Gasteiger charge is -2.20. The third kappa shape index (κ3) is 10.3. The fourth-order valence-electron chi connectivity index (χ4n) is 2.32. The summed E-state index contributed by atoms with van der Waals surface area (Å²) >= 11 is 0. The van der Waals surface area contributed by atoms with Gasteiger partial charge in [0.1, 0.15) is 0 Å². The molecule has 0 bridgehead atoms. The molecular formula is C23H38N4O5. The van der Waals surface area contributed by atoms with Crippen LogP contribution >= 0.6 is 0 Å². The minimum atomic E-state index is -0.229. The minimum absolute atomic E-state index is 0.139. The number of aryl methyl sites for hydroxylation is 1. The second-order valence-corrected chi connectivity index (χ2v) is 9.05. The number of nitrogens with zero attached hydrogens (tertiary/aromatic N) is 4. The van der Waals surface area contributed by atoms with Gasteiger partial charge in [-0.2, -0.15) is 5.10 Å². The van der Waals surface area contributed by atoms with E-state index in [-0.39, 0.29) is 17.8 Å². The lowest BCUT2D eigenvalue weighted by atomic mass is 10.2. The topological polar surface area (TPSA) is 109 Å². The Labute approximate surface area is 191 Å². The maximum atomic E-state index is 8.97. The van der Waals surface area contributed by atoms with E-state index >= 15 is 0 Å². The molecule has 2 heterocycles. The maximum absolute atomic E-state index is 8.97. The third-order valence-electron chi connectivity index (χ3n) is 4.00. The standard InChI is InChI=1S/C12H20N2O2.C11H18N2O3/c1-6-10-7-9(8-16-12(2,3)4)11(15-5)14-13-10;1-11(2,3)16-7-8-5-9(6-14)12-13-10(8)15-4/h7H,6,8H2,1-5H3;5,14H,6-7H2,1-4H3. The first-order valence-electron chi connectivity index (χ1n) is 10.6. The van der Waals surface area contributed by atoms with Crippen molar-refractivity contribution in [3.63, 3.8) is 0 Å². The first-order chi connectivity index (χ1) is 14.9. The molecule has 0 fully saturated rings. The van der Waals surface area contributed by atoms with Gasteiger partial charge in [0.05, 0.1) is 56.6 Å². The normalized spacial score (nSPS) is 11.6. The average molecular weight is 451 g/mol. The summed E-state index contributed by atoms with van der Waals surface area (Å²) in [4.78, 5) is 0. The van der Waals surface area contributed by atoms with E-state index in [1.165, 1.54) is 7.11 Å². The van der Waals surface area contributed by atoms with Crippen molar-refractivity contribution < 1.29 is 24.1 Å². The van der Waals surface area contributed by atoms with Crippen LogP contribution in [0, 0.1) is 0 Å². The van der Waals surface area contributed by atoms with Crippen LogP contribution in [0.4, 0.5) is 0 Å². The second-order valence-electron chi connectivity index (χ2n) is 9.05. The maximum Gasteiger partial charge on any atom is 0.238 e. The molecule has 0 aliphatic heterocycles. The van der Waals surface area contributed by atoms with Crippen LogP contribution in [0.3, 0.4) is 0 Å². The number of aromatic nitrogens is 4. The van der Waals surface area contributed by atoms with Crippen LogP contribution in [0.15, 0.2) is 12.1 Å². The first kappa shape index (κ1) is 27.7. The highest BCUT2D eigenvalue weighted by atomic mass is 16.5. The van der Waals surface area contributed by atoms with Crippen molar-refractivity contribution in [3.8, 4) is 11.8 Å². The molecule has 2 rings (SSSR count). The Bertz CT molecular complexity index is 763. The van der Waals surface area contributed by atoms with E-state index in [0.29, 0.717) is 30.7 Å². The SMILES string of the molecule is CCc1cc(COC(C)(C)C)c(OC)nn1.COc1nnc(CO)cc1COC(C)(C)C. The van der Waals surface area contributed by atoms with Crippen LogP contribution in [0.25, 0.3) is 0 Å². The molecule has 32 heavy (non-hydrogen) atoms. The van der Waals surface area contributed by atoms with Crippen molar-refractivity contribution >= 4 is 0 Å². The monoisotopic (exact) mass is 450 g/mol.